The first-order valence-corrected chi connectivity index (χ1v) is 4.69. The minimum atomic E-state index is -0.469. The van der Waals surface area contributed by atoms with Crippen LogP contribution in [0.4, 0.5) is 4.39 Å². The zero-order chi connectivity index (χ0) is 9.26. The highest BCUT2D eigenvalue weighted by atomic mass is 32.1. The molecule has 0 aliphatic heterocycles. The van der Waals surface area contributed by atoms with Crippen LogP contribution in [0.15, 0.2) is 23.6 Å². The van der Waals surface area contributed by atoms with Crippen molar-refractivity contribution in [1.82, 2.24) is 9.97 Å². The van der Waals surface area contributed by atoms with Gasteiger partial charge in [-0.15, -0.1) is 11.3 Å². The summed E-state index contributed by atoms with van der Waals surface area (Å²) >= 11 is 1.53. The molecule has 2 rings (SSSR count). The van der Waals surface area contributed by atoms with Crippen LogP contribution in [-0.2, 0) is 0 Å². The molecule has 13 heavy (non-hydrogen) atoms. The highest BCUT2D eigenvalue weighted by molar-refractivity contribution is 7.09. The Kier molecular flexibility index (Phi) is 2.06. The van der Waals surface area contributed by atoms with E-state index in [0.717, 1.165) is 10.7 Å². The van der Waals surface area contributed by atoms with Crippen LogP contribution in [-0.4, -0.2) is 9.97 Å². The molecule has 0 atom stereocenters. The van der Waals surface area contributed by atoms with Gasteiger partial charge in [0.2, 0.25) is 5.95 Å². The number of hydrogen-bond donors (Lipinski definition) is 0. The SMILES string of the molecule is Cc1nc(-c2cccc(F)n2)cs1. The third-order valence-electron chi connectivity index (χ3n) is 1.60. The summed E-state index contributed by atoms with van der Waals surface area (Å²) in [6.45, 7) is 1.91. The number of pyridine rings is 1. The summed E-state index contributed by atoms with van der Waals surface area (Å²) in [5.41, 5.74) is 1.33. The molecular formula is C9H7FN2S. The third-order valence-corrected chi connectivity index (χ3v) is 2.37. The van der Waals surface area contributed by atoms with E-state index in [1.165, 1.54) is 17.4 Å². The second-order valence-corrected chi connectivity index (χ2v) is 3.66. The van der Waals surface area contributed by atoms with Crippen LogP contribution >= 0.6 is 11.3 Å². The molecule has 0 radical (unpaired) electrons. The van der Waals surface area contributed by atoms with Crippen molar-refractivity contribution in [3.63, 3.8) is 0 Å². The highest BCUT2D eigenvalue weighted by Crippen LogP contribution is 2.19. The van der Waals surface area contributed by atoms with E-state index >= 15 is 0 Å². The second kappa shape index (κ2) is 3.22. The van der Waals surface area contributed by atoms with E-state index in [0.29, 0.717) is 5.69 Å². The van der Waals surface area contributed by atoms with Gasteiger partial charge in [0.15, 0.2) is 0 Å². The standard InChI is InChI=1S/C9H7FN2S/c1-6-11-8(5-13-6)7-3-2-4-9(10)12-7/h2-5H,1H3. The van der Waals surface area contributed by atoms with Crippen molar-refractivity contribution in [3.05, 3.63) is 34.5 Å². The van der Waals surface area contributed by atoms with Gasteiger partial charge in [0.05, 0.1) is 16.4 Å². The van der Waals surface area contributed by atoms with E-state index in [1.807, 2.05) is 12.3 Å². The van der Waals surface area contributed by atoms with E-state index < -0.39 is 5.95 Å². The molecule has 66 valence electrons. The third kappa shape index (κ3) is 1.72. The van der Waals surface area contributed by atoms with Gasteiger partial charge in [-0.25, -0.2) is 9.97 Å². The molecule has 2 heterocycles. The number of hydrogen-bond acceptors (Lipinski definition) is 3. The maximum atomic E-state index is 12.7. The van der Waals surface area contributed by atoms with Gasteiger partial charge in [-0.1, -0.05) is 6.07 Å². The summed E-state index contributed by atoms with van der Waals surface area (Å²) in [6.07, 6.45) is 0. The fourth-order valence-corrected chi connectivity index (χ4v) is 1.64. The molecule has 0 bridgehead atoms. The average Bonchev–Trinajstić information content (AvgIpc) is 2.52. The second-order valence-electron chi connectivity index (χ2n) is 2.60. The topological polar surface area (TPSA) is 25.8 Å². The van der Waals surface area contributed by atoms with Crippen molar-refractivity contribution in [2.45, 2.75) is 6.92 Å². The van der Waals surface area contributed by atoms with Crippen molar-refractivity contribution in [2.24, 2.45) is 0 Å². The highest BCUT2D eigenvalue weighted by Gasteiger charge is 2.03. The summed E-state index contributed by atoms with van der Waals surface area (Å²) in [4.78, 5) is 7.95. The van der Waals surface area contributed by atoms with Gasteiger partial charge >= 0.3 is 0 Å². The first-order valence-electron chi connectivity index (χ1n) is 3.81. The Bertz CT molecular complexity index is 425. The smallest absolute Gasteiger partial charge is 0.213 e. The van der Waals surface area contributed by atoms with Crippen molar-refractivity contribution in [1.29, 1.82) is 0 Å². The van der Waals surface area contributed by atoms with Gasteiger partial charge < -0.3 is 0 Å². The number of rotatable bonds is 1. The van der Waals surface area contributed by atoms with E-state index in [9.17, 15) is 4.39 Å². The van der Waals surface area contributed by atoms with E-state index in [4.69, 9.17) is 0 Å². The van der Waals surface area contributed by atoms with Crippen LogP contribution in [0.2, 0.25) is 0 Å². The molecule has 0 aliphatic carbocycles. The van der Waals surface area contributed by atoms with Gasteiger partial charge in [0, 0.05) is 5.38 Å². The normalized spacial score (nSPS) is 10.3. The molecule has 0 saturated heterocycles. The van der Waals surface area contributed by atoms with Crippen LogP contribution in [0.25, 0.3) is 11.4 Å². The van der Waals surface area contributed by atoms with E-state index in [2.05, 4.69) is 9.97 Å². The lowest BCUT2D eigenvalue weighted by Gasteiger charge is -1.93. The molecule has 0 spiro atoms. The molecule has 2 aromatic rings. The zero-order valence-corrected chi connectivity index (χ0v) is 7.81. The van der Waals surface area contributed by atoms with Crippen molar-refractivity contribution < 1.29 is 4.39 Å². The Balaban J connectivity index is 2.46. The number of nitrogens with zero attached hydrogens (tertiary/aromatic N) is 2. The minimum Gasteiger partial charge on any atom is -0.240 e. The Hall–Kier alpha value is -1.29. The average molecular weight is 194 g/mol. The van der Waals surface area contributed by atoms with Crippen LogP contribution in [0.5, 0.6) is 0 Å². The fourth-order valence-electron chi connectivity index (χ4n) is 1.03. The molecule has 2 aromatic heterocycles. The molecule has 0 aliphatic rings. The molecule has 0 fully saturated rings. The van der Waals surface area contributed by atoms with Crippen molar-refractivity contribution >= 4 is 11.3 Å². The Morgan fingerprint density at radius 2 is 2.08 bits per heavy atom. The van der Waals surface area contributed by atoms with E-state index in [1.54, 1.807) is 12.1 Å². The van der Waals surface area contributed by atoms with Gasteiger partial charge in [0.1, 0.15) is 0 Å². The monoisotopic (exact) mass is 194 g/mol. The molecule has 0 aromatic carbocycles. The van der Waals surface area contributed by atoms with Crippen LogP contribution in [0.3, 0.4) is 0 Å². The van der Waals surface area contributed by atoms with Crippen LogP contribution < -0.4 is 0 Å². The largest absolute Gasteiger partial charge is 0.240 e. The van der Waals surface area contributed by atoms with Crippen molar-refractivity contribution in [3.8, 4) is 11.4 Å². The minimum absolute atomic E-state index is 0.469. The Morgan fingerprint density at radius 1 is 1.23 bits per heavy atom. The fraction of sp³-hybridized carbons (Fsp3) is 0.111. The number of aromatic nitrogens is 2. The zero-order valence-electron chi connectivity index (χ0n) is 6.99. The number of halogens is 1. The predicted octanol–water partition coefficient (Wildman–Crippen LogP) is 2.65. The quantitative estimate of drug-likeness (QED) is 0.652. The number of thiazole rings is 1. The Labute approximate surface area is 79.1 Å². The summed E-state index contributed by atoms with van der Waals surface area (Å²) < 4.78 is 12.7. The van der Waals surface area contributed by atoms with Gasteiger partial charge in [-0.3, -0.25) is 0 Å². The molecule has 0 saturated carbocycles. The lowest BCUT2D eigenvalue weighted by molar-refractivity contribution is 0.585. The van der Waals surface area contributed by atoms with Crippen molar-refractivity contribution in [2.75, 3.05) is 0 Å². The lowest BCUT2D eigenvalue weighted by Crippen LogP contribution is -1.86. The molecule has 4 heteroatoms. The van der Waals surface area contributed by atoms with E-state index in [-0.39, 0.29) is 0 Å². The van der Waals surface area contributed by atoms with Crippen LogP contribution in [0, 0.1) is 12.9 Å². The molecule has 2 nitrogen and oxygen atoms in total. The summed E-state index contributed by atoms with van der Waals surface area (Å²) in [6, 6.07) is 4.70. The first-order chi connectivity index (χ1) is 6.25. The maximum Gasteiger partial charge on any atom is 0.213 e. The molecular weight excluding hydrogens is 187 g/mol. The molecule has 0 N–H and O–H groups in total. The maximum absolute atomic E-state index is 12.7. The number of aryl methyl sites for hydroxylation is 1. The summed E-state index contributed by atoms with van der Waals surface area (Å²) in [5, 5.41) is 2.83. The first kappa shape index (κ1) is 8.31. The predicted molar refractivity (Wildman–Crippen MR) is 50.0 cm³/mol. The van der Waals surface area contributed by atoms with Crippen LogP contribution in [0.1, 0.15) is 5.01 Å². The van der Waals surface area contributed by atoms with Gasteiger partial charge in [-0.2, -0.15) is 4.39 Å². The molecule has 0 amide bonds. The molecule has 0 unspecified atom stereocenters. The van der Waals surface area contributed by atoms with Gasteiger partial charge in [0.25, 0.3) is 0 Å². The summed E-state index contributed by atoms with van der Waals surface area (Å²) in [7, 11) is 0. The lowest BCUT2D eigenvalue weighted by atomic mass is 10.3. The van der Waals surface area contributed by atoms with Gasteiger partial charge in [-0.05, 0) is 19.1 Å². The summed E-state index contributed by atoms with van der Waals surface area (Å²) in [5.74, 6) is -0.469. The Morgan fingerprint density at radius 3 is 2.69 bits per heavy atom.